The summed E-state index contributed by atoms with van der Waals surface area (Å²) in [6, 6.07) is 4.13. The van der Waals surface area contributed by atoms with Gasteiger partial charge in [-0.2, -0.15) is 0 Å². The van der Waals surface area contributed by atoms with Gasteiger partial charge < -0.3 is 15.8 Å². The maximum absolute atomic E-state index is 12.3. The van der Waals surface area contributed by atoms with Gasteiger partial charge >= 0.3 is 12.0 Å². The first-order valence-electron chi connectivity index (χ1n) is 8.51. The summed E-state index contributed by atoms with van der Waals surface area (Å²) in [6.07, 6.45) is 2.91. The Labute approximate surface area is 157 Å². The van der Waals surface area contributed by atoms with E-state index in [0.717, 1.165) is 11.8 Å². The molecule has 2 rings (SSSR count). The number of hydrogen-bond acceptors (Lipinski definition) is 6. The number of esters is 1. The summed E-state index contributed by atoms with van der Waals surface area (Å²) in [5.74, 6) is -0.909. The molecule has 0 unspecified atom stereocenters. The molecule has 148 valence electrons. The lowest BCUT2D eigenvalue weighted by Crippen LogP contribution is -2.34. The Kier molecular flexibility index (Phi) is 6.78. The number of sulfonamides is 1. The second kappa shape index (κ2) is 8.85. The van der Waals surface area contributed by atoms with E-state index in [9.17, 15) is 22.8 Å². The van der Waals surface area contributed by atoms with Crippen LogP contribution in [0.1, 0.15) is 35.2 Å². The first kappa shape index (κ1) is 20.7. The topological polar surface area (TPSA) is 136 Å². The average molecular weight is 397 g/mol. The van der Waals surface area contributed by atoms with Crippen molar-refractivity contribution in [3.63, 3.8) is 0 Å². The summed E-state index contributed by atoms with van der Waals surface area (Å²) in [6.45, 7) is 0.276. The lowest BCUT2D eigenvalue weighted by Gasteiger charge is -2.29. The smallest absolute Gasteiger partial charge is 0.312 e. The molecule has 0 saturated heterocycles. The number of nitrogens with one attached hydrogen (secondary N) is 1. The second-order valence-corrected chi connectivity index (χ2v) is 8.17. The quantitative estimate of drug-likeness (QED) is 0.374. The molecule has 0 atom stereocenters. The summed E-state index contributed by atoms with van der Waals surface area (Å²) in [5.41, 5.74) is 6.64. The van der Waals surface area contributed by atoms with Gasteiger partial charge in [-0.15, -0.1) is 0 Å². The number of carbonyl (C=O) groups excluding carboxylic acids is 3. The minimum Gasteiger partial charge on any atom is -0.457 e. The van der Waals surface area contributed by atoms with E-state index in [-0.39, 0.29) is 18.7 Å². The molecular formula is C17H23N3O6S. The van der Waals surface area contributed by atoms with E-state index in [4.69, 9.17) is 10.5 Å². The number of anilines is 1. The fourth-order valence-corrected chi connectivity index (χ4v) is 3.82. The highest BCUT2D eigenvalue weighted by molar-refractivity contribution is 7.92. The largest absolute Gasteiger partial charge is 0.457 e. The molecule has 1 aromatic rings. The van der Waals surface area contributed by atoms with Crippen molar-refractivity contribution in [2.75, 3.05) is 30.3 Å². The van der Waals surface area contributed by atoms with Crippen LogP contribution >= 0.6 is 0 Å². The van der Waals surface area contributed by atoms with Crippen LogP contribution in [0.5, 0.6) is 0 Å². The van der Waals surface area contributed by atoms with Crippen LogP contribution in [0.3, 0.4) is 0 Å². The number of nitrogens with zero attached hydrogens (tertiary/aromatic N) is 1. The highest BCUT2D eigenvalue weighted by Crippen LogP contribution is 2.30. The highest BCUT2D eigenvalue weighted by Gasteiger charge is 2.24. The van der Waals surface area contributed by atoms with Crippen molar-refractivity contribution in [3.8, 4) is 0 Å². The van der Waals surface area contributed by atoms with Gasteiger partial charge in [0.2, 0.25) is 10.0 Å². The third kappa shape index (κ3) is 5.95. The molecule has 0 aromatic heterocycles. The number of rotatable bonds is 8. The van der Waals surface area contributed by atoms with E-state index in [2.05, 4.69) is 5.32 Å². The summed E-state index contributed by atoms with van der Waals surface area (Å²) >= 11 is 0. The fourth-order valence-electron chi connectivity index (χ4n) is 2.83. The van der Waals surface area contributed by atoms with Crippen LogP contribution in [0.25, 0.3) is 0 Å². The van der Waals surface area contributed by atoms with E-state index in [1.54, 1.807) is 12.1 Å². The minimum absolute atomic E-state index is 0.0566. The normalized spacial score (nSPS) is 13.6. The predicted molar refractivity (Wildman–Crippen MR) is 99.1 cm³/mol. The molecule has 2 amide bonds. The Balaban J connectivity index is 1.92. The SMILES string of the molecule is CS(=O)(=O)N1CCCc2cc(C(=O)COC(=O)CCCNC(N)=O)ccc21. The molecule has 10 heteroatoms. The van der Waals surface area contributed by atoms with E-state index in [0.29, 0.717) is 37.1 Å². The molecule has 0 bridgehead atoms. The maximum atomic E-state index is 12.3. The minimum atomic E-state index is -3.37. The van der Waals surface area contributed by atoms with E-state index < -0.39 is 28.6 Å². The summed E-state index contributed by atoms with van der Waals surface area (Å²) in [4.78, 5) is 34.4. The second-order valence-electron chi connectivity index (χ2n) is 6.26. The Morgan fingerprint density at radius 3 is 2.70 bits per heavy atom. The van der Waals surface area contributed by atoms with Crippen LogP contribution in [0, 0.1) is 0 Å². The average Bonchev–Trinajstić information content (AvgIpc) is 2.61. The van der Waals surface area contributed by atoms with Gasteiger partial charge in [-0.1, -0.05) is 0 Å². The van der Waals surface area contributed by atoms with Crippen LogP contribution in [0.15, 0.2) is 18.2 Å². The third-order valence-electron chi connectivity index (χ3n) is 4.10. The van der Waals surface area contributed by atoms with E-state index >= 15 is 0 Å². The van der Waals surface area contributed by atoms with Gasteiger partial charge in [0, 0.05) is 25.1 Å². The van der Waals surface area contributed by atoms with Crippen molar-refractivity contribution >= 4 is 33.5 Å². The van der Waals surface area contributed by atoms with Gasteiger partial charge in [0.25, 0.3) is 0 Å². The number of nitrogens with two attached hydrogens (primary N) is 1. The molecule has 1 heterocycles. The number of Topliss-reactive ketones (excluding diaryl/α,β-unsaturated/α-hetero) is 1. The number of hydrogen-bond donors (Lipinski definition) is 2. The first-order valence-corrected chi connectivity index (χ1v) is 10.4. The van der Waals surface area contributed by atoms with Gasteiger partial charge in [-0.05, 0) is 43.0 Å². The van der Waals surface area contributed by atoms with Gasteiger partial charge in [0.1, 0.15) is 0 Å². The number of primary amides is 1. The highest BCUT2D eigenvalue weighted by atomic mass is 32.2. The van der Waals surface area contributed by atoms with Crippen LogP contribution in [0.2, 0.25) is 0 Å². The van der Waals surface area contributed by atoms with Gasteiger partial charge in [0.15, 0.2) is 12.4 Å². The van der Waals surface area contributed by atoms with Gasteiger partial charge in [0.05, 0.1) is 11.9 Å². The standard InChI is InChI=1S/C17H23N3O6S/c1-27(24,25)20-9-3-4-12-10-13(6-7-14(12)20)15(21)11-26-16(22)5-2-8-19-17(18)23/h6-7,10H,2-5,8-9,11H2,1H3,(H3,18,19,23). The molecule has 3 N–H and O–H groups in total. The lowest BCUT2D eigenvalue weighted by atomic mass is 9.99. The van der Waals surface area contributed by atoms with E-state index in [1.165, 1.54) is 10.4 Å². The van der Waals surface area contributed by atoms with Crippen LogP contribution < -0.4 is 15.4 Å². The first-order chi connectivity index (χ1) is 12.7. The zero-order valence-electron chi connectivity index (χ0n) is 15.1. The Morgan fingerprint density at radius 1 is 1.30 bits per heavy atom. The molecule has 0 aliphatic carbocycles. The Bertz CT molecular complexity index is 837. The van der Waals surface area contributed by atoms with Crippen LogP contribution in [-0.4, -0.2) is 52.2 Å². The molecule has 1 aliphatic heterocycles. The van der Waals surface area contributed by atoms with Crippen molar-refractivity contribution < 1.29 is 27.5 Å². The number of fused-ring (bicyclic) bond motifs is 1. The molecule has 0 saturated carbocycles. The Morgan fingerprint density at radius 2 is 2.04 bits per heavy atom. The number of urea groups is 1. The third-order valence-corrected chi connectivity index (χ3v) is 5.28. The molecule has 27 heavy (non-hydrogen) atoms. The maximum Gasteiger partial charge on any atom is 0.312 e. The molecular weight excluding hydrogens is 374 g/mol. The summed E-state index contributed by atoms with van der Waals surface area (Å²) < 4.78 is 30.0. The zero-order chi connectivity index (χ0) is 20.0. The monoisotopic (exact) mass is 397 g/mol. The van der Waals surface area contributed by atoms with Crippen molar-refractivity contribution in [2.45, 2.75) is 25.7 Å². The molecule has 9 nitrogen and oxygen atoms in total. The lowest BCUT2D eigenvalue weighted by molar-refractivity contribution is -0.142. The molecule has 0 spiro atoms. The number of aryl methyl sites for hydroxylation is 1. The fraction of sp³-hybridized carbons (Fsp3) is 0.471. The number of amides is 2. The van der Waals surface area contributed by atoms with Gasteiger partial charge in [-0.3, -0.25) is 13.9 Å². The van der Waals surface area contributed by atoms with Crippen LogP contribution in [0.4, 0.5) is 10.5 Å². The van der Waals surface area contributed by atoms with Gasteiger partial charge in [-0.25, -0.2) is 13.2 Å². The van der Waals surface area contributed by atoms with Crippen molar-refractivity contribution in [2.24, 2.45) is 5.73 Å². The molecule has 0 fully saturated rings. The molecule has 1 aliphatic rings. The summed E-state index contributed by atoms with van der Waals surface area (Å²) in [5, 5.41) is 2.35. The number of carbonyl (C=O) groups is 3. The van der Waals surface area contributed by atoms with Crippen molar-refractivity contribution in [1.29, 1.82) is 0 Å². The zero-order valence-corrected chi connectivity index (χ0v) is 15.9. The van der Waals surface area contributed by atoms with Crippen LogP contribution in [-0.2, 0) is 26.0 Å². The number of ether oxygens (including phenoxy) is 1. The number of ketones is 1. The predicted octanol–water partition coefficient (Wildman–Crippen LogP) is 0.573. The van der Waals surface area contributed by atoms with Crippen molar-refractivity contribution in [3.05, 3.63) is 29.3 Å². The Hall–Kier alpha value is -2.62. The summed E-state index contributed by atoms with van der Waals surface area (Å²) in [7, 11) is -3.37. The van der Waals surface area contributed by atoms with E-state index in [1.807, 2.05) is 0 Å². The van der Waals surface area contributed by atoms with Crippen molar-refractivity contribution in [1.82, 2.24) is 5.32 Å². The molecule has 0 radical (unpaired) electrons. The molecule has 1 aromatic carbocycles. The number of benzene rings is 1.